The van der Waals surface area contributed by atoms with Crippen molar-refractivity contribution < 1.29 is 4.79 Å². The molecule has 1 amide bonds. The van der Waals surface area contributed by atoms with E-state index < -0.39 is 0 Å². The molecule has 4 aromatic rings. The Morgan fingerprint density at radius 2 is 1.77 bits per heavy atom. The van der Waals surface area contributed by atoms with Gasteiger partial charge in [0.1, 0.15) is 5.82 Å². The van der Waals surface area contributed by atoms with Crippen LogP contribution >= 0.6 is 23.5 Å². The van der Waals surface area contributed by atoms with Gasteiger partial charge in [0.25, 0.3) is 0 Å². The predicted molar refractivity (Wildman–Crippen MR) is 142 cm³/mol. The maximum absolute atomic E-state index is 12.8. The molecule has 6 nitrogen and oxygen atoms in total. The lowest BCUT2D eigenvalue weighted by Crippen LogP contribution is -2.15. The summed E-state index contributed by atoms with van der Waals surface area (Å²) < 4.78 is 2.05. The summed E-state index contributed by atoms with van der Waals surface area (Å²) in [4.78, 5) is 13.7. The molecule has 8 heteroatoms. The highest BCUT2D eigenvalue weighted by atomic mass is 32.2. The highest BCUT2D eigenvalue weighted by Gasteiger charge is 2.18. The van der Waals surface area contributed by atoms with Gasteiger partial charge in [-0.05, 0) is 43.2 Å². The fraction of sp³-hybridized carbons (Fsp3) is 0.185. The van der Waals surface area contributed by atoms with Crippen LogP contribution in [-0.2, 0) is 11.2 Å². The van der Waals surface area contributed by atoms with Crippen LogP contribution < -0.4 is 5.32 Å². The van der Waals surface area contributed by atoms with Crippen molar-refractivity contribution in [2.45, 2.75) is 30.3 Å². The summed E-state index contributed by atoms with van der Waals surface area (Å²) in [5, 5.41) is 21.5. The van der Waals surface area contributed by atoms with E-state index in [2.05, 4.69) is 70.3 Å². The standard InChI is InChI=1S/C27H25N5OS2/c1-19-12-13-23(20(2)16-19)32-25(17-21-8-4-3-5-9-21)30-31-27(32)35-18-26(33)29-22-10-6-7-11-24(22)34-15-14-28/h3-13,16H,15,17-18H2,1-2H3,(H,29,33). The summed E-state index contributed by atoms with van der Waals surface area (Å²) in [6, 6.07) is 26.1. The number of hydrogen-bond acceptors (Lipinski definition) is 6. The van der Waals surface area contributed by atoms with Crippen LogP contribution in [0.15, 0.2) is 82.8 Å². The number of rotatable bonds is 9. The molecule has 0 unspecified atom stereocenters. The first kappa shape index (κ1) is 24.6. The van der Waals surface area contributed by atoms with Crippen molar-refractivity contribution in [3.8, 4) is 11.8 Å². The van der Waals surface area contributed by atoms with E-state index in [9.17, 15) is 4.79 Å². The second-order valence-electron chi connectivity index (χ2n) is 7.97. The van der Waals surface area contributed by atoms with Crippen LogP contribution in [0.3, 0.4) is 0 Å². The minimum Gasteiger partial charge on any atom is -0.324 e. The molecule has 0 aliphatic rings. The number of carbonyl (C=O) groups excluding carboxylic acids is 1. The van der Waals surface area contributed by atoms with Gasteiger partial charge in [-0.15, -0.1) is 22.0 Å². The monoisotopic (exact) mass is 499 g/mol. The average Bonchev–Trinajstić information content (AvgIpc) is 3.25. The van der Waals surface area contributed by atoms with E-state index in [1.165, 1.54) is 29.1 Å². The Bertz CT molecular complexity index is 1360. The number of nitriles is 1. The third-order valence-corrected chi connectivity index (χ3v) is 7.15. The fourth-order valence-corrected chi connectivity index (χ4v) is 5.14. The van der Waals surface area contributed by atoms with E-state index in [0.29, 0.717) is 23.0 Å². The van der Waals surface area contributed by atoms with E-state index in [4.69, 9.17) is 5.26 Å². The van der Waals surface area contributed by atoms with Gasteiger partial charge >= 0.3 is 0 Å². The van der Waals surface area contributed by atoms with Crippen LogP contribution in [0, 0.1) is 25.2 Å². The summed E-state index contributed by atoms with van der Waals surface area (Å²) in [6.07, 6.45) is 0.636. The van der Waals surface area contributed by atoms with Crippen LogP contribution in [-0.4, -0.2) is 32.2 Å². The minimum atomic E-state index is -0.139. The van der Waals surface area contributed by atoms with Gasteiger partial charge in [0.15, 0.2) is 5.16 Å². The van der Waals surface area contributed by atoms with Gasteiger partial charge in [0, 0.05) is 11.3 Å². The zero-order chi connectivity index (χ0) is 24.6. The number of carbonyl (C=O) groups is 1. The zero-order valence-corrected chi connectivity index (χ0v) is 21.2. The third-order valence-electron chi connectivity index (χ3n) is 5.28. The first-order valence-corrected chi connectivity index (χ1v) is 13.1. The SMILES string of the molecule is Cc1ccc(-n2c(Cc3ccccc3)nnc2SCC(=O)Nc2ccccc2SCC#N)c(C)c1. The molecule has 0 fully saturated rings. The molecule has 176 valence electrons. The number of benzene rings is 3. The van der Waals surface area contributed by atoms with Crippen LogP contribution in [0.25, 0.3) is 5.69 Å². The smallest absolute Gasteiger partial charge is 0.234 e. The number of amides is 1. The molecule has 4 rings (SSSR count). The van der Waals surface area contributed by atoms with E-state index in [1.54, 1.807) is 0 Å². The molecule has 0 spiro atoms. The van der Waals surface area contributed by atoms with Gasteiger partial charge in [0.05, 0.1) is 28.9 Å². The molecule has 1 N–H and O–H groups in total. The lowest BCUT2D eigenvalue weighted by atomic mass is 10.1. The van der Waals surface area contributed by atoms with Crippen molar-refractivity contribution >= 4 is 35.1 Å². The number of hydrogen-bond donors (Lipinski definition) is 1. The van der Waals surface area contributed by atoms with Gasteiger partial charge in [-0.1, -0.05) is 71.9 Å². The van der Waals surface area contributed by atoms with E-state index in [0.717, 1.165) is 27.5 Å². The Morgan fingerprint density at radius 1 is 1.00 bits per heavy atom. The molecule has 0 aliphatic heterocycles. The van der Waals surface area contributed by atoms with Crippen LogP contribution in [0.4, 0.5) is 5.69 Å². The number of aryl methyl sites for hydroxylation is 2. The number of nitrogens with zero attached hydrogens (tertiary/aromatic N) is 4. The second kappa shape index (κ2) is 11.7. The predicted octanol–water partition coefficient (Wildman–Crippen LogP) is 5.82. The lowest BCUT2D eigenvalue weighted by Gasteiger charge is -2.14. The van der Waals surface area contributed by atoms with Gasteiger partial charge in [0.2, 0.25) is 5.91 Å². The van der Waals surface area contributed by atoms with Crippen molar-refractivity contribution in [1.29, 1.82) is 5.26 Å². The van der Waals surface area contributed by atoms with Crippen molar-refractivity contribution in [1.82, 2.24) is 14.8 Å². The van der Waals surface area contributed by atoms with Crippen molar-refractivity contribution in [2.24, 2.45) is 0 Å². The van der Waals surface area contributed by atoms with E-state index >= 15 is 0 Å². The molecule has 0 bridgehead atoms. The molecular formula is C27H25N5OS2. The minimum absolute atomic E-state index is 0.139. The normalized spacial score (nSPS) is 10.7. The topological polar surface area (TPSA) is 83.6 Å². The van der Waals surface area contributed by atoms with Gasteiger partial charge in [-0.2, -0.15) is 5.26 Å². The summed E-state index contributed by atoms with van der Waals surface area (Å²) in [5.41, 5.74) is 5.16. The highest BCUT2D eigenvalue weighted by molar-refractivity contribution is 8.00. The number of thioether (sulfide) groups is 2. The fourth-order valence-electron chi connectivity index (χ4n) is 3.71. The molecule has 3 aromatic carbocycles. The van der Waals surface area contributed by atoms with Gasteiger partial charge < -0.3 is 5.32 Å². The highest BCUT2D eigenvalue weighted by Crippen LogP contribution is 2.28. The van der Waals surface area contributed by atoms with Crippen LogP contribution in [0.5, 0.6) is 0 Å². The third kappa shape index (κ3) is 6.32. The number of nitrogens with one attached hydrogen (secondary N) is 1. The maximum Gasteiger partial charge on any atom is 0.234 e. The number of para-hydroxylation sites is 1. The molecule has 0 radical (unpaired) electrons. The molecule has 0 atom stereocenters. The molecule has 0 aliphatic carbocycles. The molecular weight excluding hydrogens is 474 g/mol. The van der Waals surface area contributed by atoms with Crippen LogP contribution in [0.1, 0.15) is 22.5 Å². The first-order valence-electron chi connectivity index (χ1n) is 11.1. The van der Waals surface area contributed by atoms with Gasteiger partial charge in [-0.3, -0.25) is 9.36 Å². The molecule has 0 saturated heterocycles. The van der Waals surface area contributed by atoms with E-state index in [-0.39, 0.29) is 11.7 Å². The van der Waals surface area contributed by atoms with E-state index in [1.807, 2.05) is 42.5 Å². The van der Waals surface area contributed by atoms with Gasteiger partial charge in [-0.25, -0.2) is 0 Å². The van der Waals surface area contributed by atoms with Crippen molar-refractivity contribution in [2.75, 3.05) is 16.8 Å². The average molecular weight is 500 g/mol. The first-order chi connectivity index (χ1) is 17.0. The summed E-state index contributed by atoms with van der Waals surface area (Å²) in [6.45, 7) is 4.15. The quantitative estimate of drug-likeness (QED) is 0.292. The number of anilines is 1. The van der Waals surface area contributed by atoms with Crippen molar-refractivity contribution in [3.63, 3.8) is 0 Å². The lowest BCUT2D eigenvalue weighted by molar-refractivity contribution is -0.113. The Hall–Kier alpha value is -3.54. The Kier molecular flexibility index (Phi) is 8.24. The van der Waals surface area contributed by atoms with Crippen molar-refractivity contribution in [3.05, 3.63) is 95.3 Å². The molecule has 0 saturated carbocycles. The zero-order valence-electron chi connectivity index (χ0n) is 19.6. The molecule has 1 heterocycles. The second-order valence-corrected chi connectivity index (χ2v) is 9.93. The summed E-state index contributed by atoms with van der Waals surface area (Å²) in [5.74, 6) is 1.19. The Balaban J connectivity index is 1.56. The Labute approximate surface area is 213 Å². The van der Waals surface area contributed by atoms with Crippen LogP contribution in [0.2, 0.25) is 0 Å². The summed E-state index contributed by atoms with van der Waals surface area (Å²) >= 11 is 2.76. The molecule has 35 heavy (non-hydrogen) atoms. The number of aromatic nitrogens is 3. The maximum atomic E-state index is 12.8. The summed E-state index contributed by atoms with van der Waals surface area (Å²) in [7, 11) is 0. The largest absolute Gasteiger partial charge is 0.324 e. The molecule has 1 aromatic heterocycles. The Morgan fingerprint density at radius 3 is 2.54 bits per heavy atom.